The Labute approximate surface area is 192 Å². The molecular formula is C22H29Cl2N3O4. The average Bonchev–Trinajstić information content (AvgIpc) is 3.08. The molecule has 1 amide bonds. The van der Waals surface area contributed by atoms with E-state index in [4.69, 9.17) is 32.7 Å². The molecule has 1 aliphatic rings. The SMILES string of the molecule is CCOC(=O)c1cc(CCC2CCN(C(=O)OC(C)(C)C)CC2)n2ncc(Cl)c(Cl)c12. The Morgan fingerprint density at radius 2 is 1.90 bits per heavy atom. The lowest BCUT2D eigenvalue weighted by Crippen LogP contribution is -2.41. The van der Waals surface area contributed by atoms with Crippen molar-refractivity contribution in [1.82, 2.24) is 14.5 Å². The van der Waals surface area contributed by atoms with Crippen LogP contribution in [0.4, 0.5) is 4.79 Å². The summed E-state index contributed by atoms with van der Waals surface area (Å²) in [4.78, 5) is 26.5. The number of aryl methyl sites for hydroxylation is 1. The van der Waals surface area contributed by atoms with Gasteiger partial charge in [-0.1, -0.05) is 23.2 Å². The van der Waals surface area contributed by atoms with Crippen LogP contribution in [0.1, 0.15) is 63.0 Å². The molecule has 0 saturated carbocycles. The number of ether oxygens (including phenoxy) is 2. The summed E-state index contributed by atoms with van der Waals surface area (Å²) in [6.07, 6.45) is 4.69. The monoisotopic (exact) mass is 469 g/mol. The molecule has 3 rings (SSSR count). The van der Waals surface area contributed by atoms with Gasteiger partial charge in [-0.3, -0.25) is 0 Å². The maximum atomic E-state index is 12.4. The number of aromatic nitrogens is 2. The Balaban J connectivity index is 1.68. The van der Waals surface area contributed by atoms with E-state index in [9.17, 15) is 9.59 Å². The number of amides is 1. The second kappa shape index (κ2) is 9.65. The summed E-state index contributed by atoms with van der Waals surface area (Å²) in [5, 5.41) is 4.94. The highest BCUT2D eigenvalue weighted by atomic mass is 35.5. The van der Waals surface area contributed by atoms with E-state index in [1.807, 2.05) is 20.8 Å². The van der Waals surface area contributed by atoms with E-state index < -0.39 is 11.6 Å². The Morgan fingerprint density at radius 1 is 1.23 bits per heavy atom. The number of rotatable bonds is 5. The minimum absolute atomic E-state index is 0.252. The van der Waals surface area contributed by atoms with Gasteiger partial charge in [-0.25, -0.2) is 14.1 Å². The molecule has 3 heterocycles. The van der Waals surface area contributed by atoms with Crippen molar-refractivity contribution in [2.24, 2.45) is 5.92 Å². The Hall–Kier alpha value is -1.99. The van der Waals surface area contributed by atoms with Gasteiger partial charge in [-0.15, -0.1) is 0 Å². The van der Waals surface area contributed by atoms with Crippen molar-refractivity contribution in [3.05, 3.63) is 33.6 Å². The molecule has 2 aromatic rings. The summed E-state index contributed by atoms with van der Waals surface area (Å²) in [7, 11) is 0. The molecule has 0 aliphatic carbocycles. The molecule has 0 unspecified atom stereocenters. The molecule has 0 bridgehead atoms. The van der Waals surface area contributed by atoms with E-state index >= 15 is 0 Å². The number of fused-ring (bicyclic) bond motifs is 1. The van der Waals surface area contributed by atoms with E-state index in [1.54, 1.807) is 22.4 Å². The zero-order valence-corrected chi connectivity index (χ0v) is 19.9. The van der Waals surface area contributed by atoms with Gasteiger partial charge in [0, 0.05) is 18.8 Å². The fraction of sp³-hybridized carbons (Fsp3) is 0.591. The Bertz CT molecular complexity index is 960. The summed E-state index contributed by atoms with van der Waals surface area (Å²) in [6.45, 7) is 9.01. The predicted octanol–water partition coefficient (Wildman–Crippen LogP) is 5.40. The number of piperidine rings is 1. The second-order valence-corrected chi connectivity index (χ2v) is 9.57. The topological polar surface area (TPSA) is 73.1 Å². The lowest BCUT2D eigenvalue weighted by atomic mass is 9.91. The number of carbonyl (C=O) groups excluding carboxylic acids is 2. The van der Waals surface area contributed by atoms with Crippen LogP contribution < -0.4 is 0 Å². The summed E-state index contributed by atoms with van der Waals surface area (Å²) in [5.74, 6) is 0.0286. The first-order chi connectivity index (χ1) is 14.6. The van der Waals surface area contributed by atoms with Crippen LogP contribution >= 0.6 is 23.2 Å². The Kier molecular flexibility index (Phi) is 7.37. The van der Waals surface area contributed by atoms with Crippen LogP contribution in [-0.4, -0.2) is 51.9 Å². The molecule has 0 spiro atoms. The molecule has 1 saturated heterocycles. The fourth-order valence-corrected chi connectivity index (χ4v) is 4.16. The third-order valence-electron chi connectivity index (χ3n) is 5.32. The van der Waals surface area contributed by atoms with Crippen molar-refractivity contribution in [2.75, 3.05) is 19.7 Å². The van der Waals surface area contributed by atoms with E-state index in [1.165, 1.54) is 6.20 Å². The molecule has 170 valence electrons. The van der Waals surface area contributed by atoms with E-state index in [0.29, 0.717) is 35.1 Å². The molecule has 2 aromatic heterocycles. The number of carbonyl (C=O) groups is 2. The lowest BCUT2D eigenvalue weighted by molar-refractivity contribution is 0.0181. The van der Waals surface area contributed by atoms with Gasteiger partial charge in [-0.05, 0) is 65.4 Å². The van der Waals surface area contributed by atoms with E-state index in [0.717, 1.165) is 31.4 Å². The van der Waals surface area contributed by atoms with Crippen molar-refractivity contribution < 1.29 is 19.1 Å². The molecule has 0 N–H and O–H groups in total. The van der Waals surface area contributed by atoms with Crippen molar-refractivity contribution in [3.8, 4) is 0 Å². The average molecular weight is 470 g/mol. The molecule has 0 aromatic carbocycles. The molecular weight excluding hydrogens is 441 g/mol. The van der Waals surface area contributed by atoms with Crippen LogP contribution in [0, 0.1) is 5.92 Å². The molecule has 9 heteroatoms. The summed E-state index contributed by atoms with van der Waals surface area (Å²) in [6, 6.07) is 1.79. The Morgan fingerprint density at radius 3 is 2.52 bits per heavy atom. The molecule has 31 heavy (non-hydrogen) atoms. The number of halogens is 2. The third kappa shape index (κ3) is 5.63. The number of nitrogens with zero attached hydrogens (tertiary/aromatic N) is 3. The third-order valence-corrected chi connectivity index (χ3v) is 6.09. The predicted molar refractivity (Wildman–Crippen MR) is 120 cm³/mol. The van der Waals surface area contributed by atoms with E-state index in [2.05, 4.69) is 5.10 Å². The van der Waals surface area contributed by atoms with Crippen molar-refractivity contribution in [3.63, 3.8) is 0 Å². The highest BCUT2D eigenvalue weighted by Crippen LogP contribution is 2.32. The van der Waals surface area contributed by atoms with Gasteiger partial charge in [0.15, 0.2) is 0 Å². The van der Waals surface area contributed by atoms with Crippen LogP contribution in [0.5, 0.6) is 0 Å². The van der Waals surface area contributed by atoms with Crippen LogP contribution in [0.15, 0.2) is 12.3 Å². The van der Waals surface area contributed by atoms with Crippen LogP contribution in [0.2, 0.25) is 10.0 Å². The normalized spacial score (nSPS) is 15.4. The quantitative estimate of drug-likeness (QED) is 0.548. The van der Waals surface area contributed by atoms with E-state index in [-0.39, 0.29) is 17.7 Å². The van der Waals surface area contributed by atoms with Crippen molar-refractivity contribution in [2.45, 2.75) is 59.0 Å². The maximum absolute atomic E-state index is 12.4. The van der Waals surface area contributed by atoms with Crippen LogP contribution in [0.3, 0.4) is 0 Å². The highest BCUT2D eigenvalue weighted by Gasteiger charge is 2.27. The minimum atomic E-state index is -0.488. The minimum Gasteiger partial charge on any atom is -0.462 e. The maximum Gasteiger partial charge on any atom is 0.410 e. The lowest BCUT2D eigenvalue weighted by Gasteiger charge is -2.33. The fourth-order valence-electron chi connectivity index (χ4n) is 3.80. The molecule has 1 aliphatic heterocycles. The van der Waals surface area contributed by atoms with Gasteiger partial charge in [0.05, 0.1) is 33.9 Å². The largest absolute Gasteiger partial charge is 0.462 e. The van der Waals surface area contributed by atoms with Gasteiger partial charge >= 0.3 is 12.1 Å². The summed E-state index contributed by atoms with van der Waals surface area (Å²) >= 11 is 12.5. The first-order valence-corrected chi connectivity index (χ1v) is 11.4. The summed E-state index contributed by atoms with van der Waals surface area (Å²) in [5.41, 5.74) is 1.24. The van der Waals surface area contributed by atoms with Crippen LogP contribution in [-0.2, 0) is 15.9 Å². The van der Waals surface area contributed by atoms with Crippen molar-refractivity contribution >= 4 is 40.8 Å². The number of esters is 1. The zero-order chi connectivity index (χ0) is 22.8. The summed E-state index contributed by atoms with van der Waals surface area (Å²) < 4.78 is 12.3. The van der Waals surface area contributed by atoms with Gasteiger partial charge in [0.1, 0.15) is 5.60 Å². The smallest absolute Gasteiger partial charge is 0.410 e. The highest BCUT2D eigenvalue weighted by molar-refractivity contribution is 6.44. The number of hydrogen-bond acceptors (Lipinski definition) is 5. The second-order valence-electron chi connectivity index (χ2n) is 8.79. The molecule has 7 nitrogen and oxygen atoms in total. The van der Waals surface area contributed by atoms with Gasteiger partial charge in [0.2, 0.25) is 0 Å². The first-order valence-electron chi connectivity index (χ1n) is 10.6. The number of likely N-dealkylation sites (tertiary alicyclic amines) is 1. The molecule has 0 radical (unpaired) electrons. The first kappa shape index (κ1) is 23.7. The molecule has 0 atom stereocenters. The van der Waals surface area contributed by atoms with Crippen molar-refractivity contribution in [1.29, 1.82) is 0 Å². The van der Waals surface area contributed by atoms with Gasteiger partial charge in [0.25, 0.3) is 0 Å². The van der Waals surface area contributed by atoms with Crippen LogP contribution in [0.25, 0.3) is 5.52 Å². The number of hydrogen-bond donors (Lipinski definition) is 0. The van der Waals surface area contributed by atoms with Gasteiger partial charge < -0.3 is 14.4 Å². The molecule has 1 fully saturated rings. The van der Waals surface area contributed by atoms with Gasteiger partial charge in [-0.2, -0.15) is 5.10 Å². The zero-order valence-electron chi connectivity index (χ0n) is 18.4. The standard InChI is InChI=1S/C22H29Cl2N3O4/c1-5-30-20(28)16-12-15(27-19(16)18(24)17(23)13-25-27)7-6-14-8-10-26(11-9-14)21(29)31-22(2,3)4/h12-14H,5-11H2,1-4H3.